The Morgan fingerprint density at radius 1 is 1.00 bits per heavy atom. The second-order valence-electron chi connectivity index (χ2n) is 5.77. The molecule has 1 heterocycles. The second kappa shape index (κ2) is 6.24. The number of rotatable bonds is 5. The van der Waals surface area contributed by atoms with Gasteiger partial charge in [-0.1, -0.05) is 30.3 Å². The Kier molecular flexibility index (Phi) is 4.16. The SMILES string of the molecule is CC(C)n1cc(COc2ccccc2)c2c(CN)cccc21. The van der Waals surface area contributed by atoms with E-state index in [9.17, 15) is 0 Å². The monoisotopic (exact) mass is 294 g/mol. The van der Waals surface area contributed by atoms with E-state index in [1.165, 1.54) is 22.0 Å². The van der Waals surface area contributed by atoms with Crippen LogP contribution < -0.4 is 10.5 Å². The molecule has 0 aliphatic rings. The van der Waals surface area contributed by atoms with Crippen molar-refractivity contribution in [2.24, 2.45) is 5.73 Å². The molecule has 0 atom stereocenters. The number of nitrogens with zero attached hydrogens (tertiary/aromatic N) is 1. The Morgan fingerprint density at radius 2 is 1.77 bits per heavy atom. The Balaban J connectivity index is 2.01. The summed E-state index contributed by atoms with van der Waals surface area (Å²) in [6.45, 7) is 5.47. The van der Waals surface area contributed by atoms with E-state index in [2.05, 4.69) is 42.8 Å². The summed E-state index contributed by atoms with van der Waals surface area (Å²) in [7, 11) is 0. The maximum absolute atomic E-state index is 5.94. The molecule has 114 valence electrons. The van der Waals surface area contributed by atoms with E-state index in [-0.39, 0.29) is 0 Å². The number of hydrogen-bond acceptors (Lipinski definition) is 2. The normalized spacial score (nSPS) is 11.3. The van der Waals surface area contributed by atoms with Crippen LogP contribution in [0.4, 0.5) is 0 Å². The van der Waals surface area contributed by atoms with Gasteiger partial charge in [-0.05, 0) is 37.6 Å². The van der Waals surface area contributed by atoms with Gasteiger partial charge in [-0.25, -0.2) is 0 Å². The van der Waals surface area contributed by atoms with Crippen molar-refractivity contribution in [3.05, 3.63) is 65.9 Å². The molecule has 22 heavy (non-hydrogen) atoms. The molecule has 2 N–H and O–H groups in total. The molecule has 0 radical (unpaired) electrons. The third-order valence-electron chi connectivity index (χ3n) is 3.94. The minimum absolute atomic E-state index is 0.404. The van der Waals surface area contributed by atoms with E-state index in [1.807, 2.05) is 30.3 Å². The van der Waals surface area contributed by atoms with E-state index in [1.54, 1.807) is 0 Å². The number of nitrogens with two attached hydrogens (primary N) is 1. The zero-order valence-electron chi connectivity index (χ0n) is 13.1. The smallest absolute Gasteiger partial charge is 0.119 e. The highest BCUT2D eigenvalue weighted by Crippen LogP contribution is 2.28. The molecule has 3 aromatic rings. The minimum atomic E-state index is 0.404. The summed E-state index contributed by atoms with van der Waals surface area (Å²) < 4.78 is 8.23. The number of hydrogen-bond donors (Lipinski definition) is 1. The topological polar surface area (TPSA) is 40.2 Å². The zero-order chi connectivity index (χ0) is 15.5. The molecular weight excluding hydrogens is 272 g/mol. The van der Waals surface area contributed by atoms with Crippen molar-refractivity contribution in [2.75, 3.05) is 0 Å². The van der Waals surface area contributed by atoms with E-state index in [4.69, 9.17) is 10.5 Å². The molecule has 2 aromatic carbocycles. The maximum Gasteiger partial charge on any atom is 0.119 e. The number of ether oxygens (including phenoxy) is 1. The van der Waals surface area contributed by atoms with Gasteiger partial charge in [-0.15, -0.1) is 0 Å². The van der Waals surface area contributed by atoms with E-state index >= 15 is 0 Å². The van der Waals surface area contributed by atoms with E-state index in [0.29, 0.717) is 19.2 Å². The van der Waals surface area contributed by atoms with Gasteiger partial charge in [0.15, 0.2) is 0 Å². The molecule has 0 saturated heterocycles. The Labute approximate surface area is 131 Å². The van der Waals surface area contributed by atoms with Crippen LogP contribution in [-0.4, -0.2) is 4.57 Å². The molecule has 0 unspecified atom stereocenters. The molecular formula is C19H22N2O. The lowest BCUT2D eigenvalue weighted by Gasteiger charge is -2.09. The fraction of sp³-hybridized carbons (Fsp3) is 0.263. The van der Waals surface area contributed by atoms with Crippen LogP contribution in [0.15, 0.2) is 54.7 Å². The summed E-state index contributed by atoms with van der Waals surface area (Å²) in [5.41, 5.74) is 9.51. The van der Waals surface area contributed by atoms with Gasteiger partial charge in [0.25, 0.3) is 0 Å². The maximum atomic E-state index is 5.94. The summed E-state index contributed by atoms with van der Waals surface area (Å²) in [6, 6.07) is 16.6. The highest BCUT2D eigenvalue weighted by molar-refractivity contribution is 5.87. The van der Waals surface area contributed by atoms with Crippen molar-refractivity contribution in [2.45, 2.75) is 33.0 Å². The molecule has 0 aliphatic carbocycles. The summed E-state index contributed by atoms with van der Waals surface area (Å²) in [4.78, 5) is 0. The molecule has 3 rings (SSSR count). The van der Waals surface area contributed by atoms with Gasteiger partial charge in [-0.3, -0.25) is 0 Å². The third-order valence-corrected chi connectivity index (χ3v) is 3.94. The largest absolute Gasteiger partial charge is 0.489 e. The lowest BCUT2D eigenvalue weighted by Crippen LogP contribution is -2.00. The number of fused-ring (bicyclic) bond motifs is 1. The molecule has 0 fully saturated rings. The predicted octanol–water partition coefficient (Wildman–Crippen LogP) is 4.26. The summed E-state index contributed by atoms with van der Waals surface area (Å²) in [6.07, 6.45) is 2.19. The van der Waals surface area contributed by atoms with Crippen LogP contribution in [0.1, 0.15) is 31.0 Å². The minimum Gasteiger partial charge on any atom is -0.489 e. The first-order valence-corrected chi connectivity index (χ1v) is 7.70. The van der Waals surface area contributed by atoms with Crippen molar-refractivity contribution in [3.63, 3.8) is 0 Å². The zero-order valence-corrected chi connectivity index (χ0v) is 13.1. The van der Waals surface area contributed by atoms with Gasteiger partial charge in [0.05, 0.1) is 0 Å². The average Bonchev–Trinajstić information content (AvgIpc) is 2.93. The fourth-order valence-corrected chi connectivity index (χ4v) is 2.86. The summed E-state index contributed by atoms with van der Waals surface area (Å²) in [5, 5.41) is 1.23. The van der Waals surface area contributed by atoms with Crippen LogP contribution in [0.2, 0.25) is 0 Å². The van der Waals surface area contributed by atoms with Crippen molar-refractivity contribution >= 4 is 10.9 Å². The van der Waals surface area contributed by atoms with Crippen molar-refractivity contribution in [1.29, 1.82) is 0 Å². The van der Waals surface area contributed by atoms with Gasteiger partial charge >= 0.3 is 0 Å². The molecule has 0 aliphatic heterocycles. The molecule has 3 nitrogen and oxygen atoms in total. The van der Waals surface area contributed by atoms with Crippen LogP contribution in [0, 0.1) is 0 Å². The number of aromatic nitrogens is 1. The standard InChI is InChI=1S/C19H22N2O/c1-14(2)21-12-16(13-22-17-8-4-3-5-9-17)19-15(11-20)7-6-10-18(19)21/h3-10,12,14H,11,13,20H2,1-2H3. The van der Waals surface area contributed by atoms with Gasteiger partial charge < -0.3 is 15.0 Å². The molecule has 3 heteroatoms. The average molecular weight is 294 g/mol. The van der Waals surface area contributed by atoms with Crippen LogP contribution in [0.3, 0.4) is 0 Å². The van der Waals surface area contributed by atoms with E-state index < -0.39 is 0 Å². The van der Waals surface area contributed by atoms with Gasteiger partial charge in [0, 0.05) is 35.2 Å². The Hall–Kier alpha value is -2.26. The highest BCUT2D eigenvalue weighted by Gasteiger charge is 2.13. The molecule has 0 spiro atoms. The highest BCUT2D eigenvalue weighted by atomic mass is 16.5. The van der Waals surface area contributed by atoms with Gasteiger partial charge in [-0.2, -0.15) is 0 Å². The molecule has 0 bridgehead atoms. The van der Waals surface area contributed by atoms with Crippen molar-refractivity contribution in [1.82, 2.24) is 4.57 Å². The first-order valence-electron chi connectivity index (χ1n) is 7.70. The quantitative estimate of drug-likeness (QED) is 0.763. The lowest BCUT2D eigenvalue weighted by molar-refractivity contribution is 0.307. The Morgan fingerprint density at radius 3 is 2.45 bits per heavy atom. The van der Waals surface area contributed by atoms with Crippen LogP contribution >= 0.6 is 0 Å². The van der Waals surface area contributed by atoms with Crippen LogP contribution in [-0.2, 0) is 13.2 Å². The van der Waals surface area contributed by atoms with Crippen molar-refractivity contribution < 1.29 is 4.74 Å². The first-order chi connectivity index (χ1) is 10.7. The molecule has 1 aromatic heterocycles. The number of benzene rings is 2. The molecule has 0 amide bonds. The summed E-state index contributed by atoms with van der Waals surface area (Å²) in [5.74, 6) is 0.887. The van der Waals surface area contributed by atoms with Crippen LogP contribution in [0.25, 0.3) is 10.9 Å². The van der Waals surface area contributed by atoms with E-state index in [0.717, 1.165) is 5.75 Å². The first kappa shape index (κ1) is 14.7. The fourth-order valence-electron chi connectivity index (χ4n) is 2.86. The molecule has 0 saturated carbocycles. The van der Waals surface area contributed by atoms with Crippen molar-refractivity contribution in [3.8, 4) is 5.75 Å². The van der Waals surface area contributed by atoms with Crippen LogP contribution in [0.5, 0.6) is 5.75 Å². The second-order valence-corrected chi connectivity index (χ2v) is 5.77. The third kappa shape index (κ3) is 2.72. The number of para-hydroxylation sites is 1. The summed E-state index contributed by atoms with van der Waals surface area (Å²) >= 11 is 0. The predicted molar refractivity (Wildman–Crippen MR) is 91.0 cm³/mol. The van der Waals surface area contributed by atoms with Gasteiger partial charge in [0.1, 0.15) is 12.4 Å². The lowest BCUT2D eigenvalue weighted by atomic mass is 10.1. The van der Waals surface area contributed by atoms with Gasteiger partial charge in [0.2, 0.25) is 0 Å². The Bertz CT molecular complexity index is 760.